The van der Waals surface area contributed by atoms with Crippen LogP contribution in [0.1, 0.15) is 11.1 Å². The first kappa shape index (κ1) is 16.3. The summed E-state index contributed by atoms with van der Waals surface area (Å²) >= 11 is 4.48. The van der Waals surface area contributed by atoms with Crippen LogP contribution in [0.15, 0.2) is 48.5 Å². The molecular weight excluding hydrogens is 420 g/mol. The summed E-state index contributed by atoms with van der Waals surface area (Å²) in [6.07, 6.45) is 0. The zero-order valence-electron chi connectivity index (χ0n) is 10.3. The third-order valence-electron chi connectivity index (χ3n) is 2.60. The van der Waals surface area contributed by atoms with Crippen LogP contribution >= 0.6 is 31.9 Å². The summed E-state index contributed by atoms with van der Waals surface area (Å²) < 4.78 is 59.0. The van der Waals surface area contributed by atoms with Crippen molar-refractivity contribution < 1.29 is 22.3 Å². The lowest BCUT2D eigenvalue weighted by Crippen LogP contribution is -2.08. The van der Waals surface area contributed by atoms with Crippen LogP contribution in [0.25, 0.3) is 0 Å². The van der Waals surface area contributed by atoms with Gasteiger partial charge in [-0.1, -0.05) is 24.3 Å². The van der Waals surface area contributed by atoms with E-state index in [9.17, 15) is 17.6 Å². The monoisotopic (exact) mass is 426 g/mol. The van der Waals surface area contributed by atoms with E-state index in [4.69, 9.17) is 4.74 Å². The van der Waals surface area contributed by atoms with Crippen LogP contribution in [0.2, 0.25) is 0 Å². The summed E-state index contributed by atoms with van der Waals surface area (Å²) in [6, 6.07) is 10.6. The Balaban J connectivity index is 2.45. The lowest BCUT2D eigenvalue weighted by molar-refractivity contribution is 0.108. The van der Waals surface area contributed by atoms with Gasteiger partial charge in [-0.25, -0.2) is 0 Å². The van der Waals surface area contributed by atoms with E-state index in [2.05, 4.69) is 31.9 Å². The number of benzene rings is 2. The summed E-state index contributed by atoms with van der Waals surface area (Å²) in [5.74, 6) is -0.410. The minimum atomic E-state index is -3.32. The minimum absolute atomic E-state index is 0.205. The number of para-hydroxylation sites is 2. The van der Waals surface area contributed by atoms with Crippen molar-refractivity contribution in [1.82, 2.24) is 0 Å². The third-order valence-corrected chi connectivity index (χ3v) is 3.46. The molecule has 0 saturated heterocycles. The zero-order chi connectivity index (χ0) is 15.7. The van der Waals surface area contributed by atoms with Crippen molar-refractivity contribution >= 4 is 31.9 Å². The van der Waals surface area contributed by atoms with Gasteiger partial charge in [0, 0.05) is 0 Å². The fourth-order valence-electron chi connectivity index (χ4n) is 1.70. The molecule has 0 atom stereocenters. The van der Waals surface area contributed by atoms with Crippen molar-refractivity contribution in [3.63, 3.8) is 0 Å². The van der Waals surface area contributed by atoms with Crippen molar-refractivity contribution in [1.29, 1.82) is 0 Å². The van der Waals surface area contributed by atoms with Crippen LogP contribution in [-0.2, 0) is 9.66 Å². The molecule has 112 valence electrons. The Kier molecular flexibility index (Phi) is 4.63. The maximum atomic E-state index is 13.4. The van der Waals surface area contributed by atoms with Crippen LogP contribution in [0.3, 0.4) is 0 Å². The molecule has 0 amide bonds. The van der Waals surface area contributed by atoms with Gasteiger partial charge >= 0.3 is 9.66 Å². The van der Waals surface area contributed by atoms with E-state index in [1.165, 1.54) is 36.4 Å². The molecular formula is C14H8Br2F4O. The van der Waals surface area contributed by atoms with Crippen LogP contribution in [0, 0.1) is 0 Å². The minimum Gasteiger partial charge on any atom is -0.456 e. The molecule has 0 unspecified atom stereocenters. The Morgan fingerprint density at radius 3 is 1.33 bits per heavy atom. The Hall–Kier alpha value is -1.08. The first-order valence-electron chi connectivity index (χ1n) is 5.70. The van der Waals surface area contributed by atoms with E-state index < -0.39 is 20.8 Å². The second kappa shape index (κ2) is 5.96. The highest BCUT2D eigenvalue weighted by Gasteiger charge is 2.33. The smallest absolute Gasteiger partial charge is 0.330 e. The first-order chi connectivity index (χ1) is 9.69. The molecule has 0 radical (unpaired) electrons. The topological polar surface area (TPSA) is 9.23 Å². The fourth-order valence-corrected chi connectivity index (χ4v) is 2.35. The van der Waals surface area contributed by atoms with E-state index in [1.807, 2.05) is 0 Å². The maximum Gasteiger partial charge on any atom is 0.330 e. The molecule has 0 aliphatic heterocycles. The quantitative estimate of drug-likeness (QED) is 0.407. The summed E-state index contributed by atoms with van der Waals surface area (Å²) in [5.41, 5.74) is -0.893. The Morgan fingerprint density at radius 1 is 0.667 bits per heavy atom. The molecule has 0 aliphatic carbocycles. The normalized spacial score (nSPS) is 12.3. The summed E-state index contributed by atoms with van der Waals surface area (Å²) in [7, 11) is 0. The highest BCUT2D eigenvalue weighted by atomic mass is 79.9. The molecule has 0 aliphatic rings. The van der Waals surface area contributed by atoms with Crippen molar-refractivity contribution in [2.75, 3.05) is 0 Å². The Labute approximate surface area is 135 Å². The van der Waals surface area contributed by atoms with E-state index in [-0.39, 0.29) is 11.5 Å². The predicted octanol–water partition coefficient (Wildman–Crippen LogP) is 6.37. The molecule has 21 heavy (non-hydrogen) atoms. The Morgan fingerprint density at radius 2 is 1.00 bits per heavy atom. The number of halogens is 6. The van der Waals surface area contributed by atoms with Gasteiger partial charge in [0.25, 0.3) is 0 Å². The van der Waals surface area contributed by atoms with Gasteiger partial charge in [0.2, 0.25) is 0 Å². The fraction of sp³-hybridized carbons (Fsp3) is 0.143. The van der Waals surface area contributed by atoms with E-state index >= 15 is 0 Å². The van der Waals surface area contributed by atoms with Gasteiger partial charge < -0.3 is 4.74 Å². The molecule has 2 rings (SSSR count). The number of alkyl halides is 6. The van der Waals surface area contributed by atoms with Crippen LogP contribution in [0.4, 0.5) is 17.6 Å². The maximum absolute atomic E-state index is 13.4. The molecule has 0 aromatic heterocycles. The SMILES string of the molecule is FC(F)(Br)c1ccccc1Oc1ccccc1C(F)(F)Br. The number of ether oxygens (including phenoxy) is 1. The van der Waals surface area contributed by atoms with Gasteiger partial charge in [-0.05, 0) is 56.1 Å². The van der Waals surface area contributed by atoms with E-state index in [1.54, 1.807) is 0 Å². The molecule has 0 fully saturated rings. The van der Waals surface area contributed by atoms with Gasteiger partial charge in [-0.15, -0.1) is 0 Å². The van der Waals surface area contributed by atoms with E-state index in [0.29, 0.717) is 0 Å². The summed E-state index contributed by atoms with van der Waals surface area (Å²) in [5, 5.41) is 0. The largest absolute Gasteiger partial charge is 0.456 e. The molecule has 2 aromatic rings. The molecule has 0 bridgehead atoms. The lowest BCUT2D eigenvalue weighted by atomic mass is 10.2. The summed E-state index contributed by atoms with van der Waals surface area (Å²) in [4.78, 5) is -6.65. The molecule has 0 heterocycles. The number of rotatable bonds is 4. The van der Waals surface area contributed by atoms with Gasteiger partial charge in [0.1, 0.15) is 11.5 Å². The van der Waals surface area contributed by atoms with E-state index in [0.717, 1.165) is 12.1 Å². The van der Waals surface area contributed by atoms with Crippen molar-refractivity contribution in [2.45, 2.75) is 9.66 Å². The predicted molar refractivity (Wildman–Crippen MR) is 78.6 cm³/mol. The molecule has 2 aromatic carbocycles. The second-order valence-corrected chi connectivity index (χ2v) is 6.08. The summed E-state index contributed by atoms with van der Waals surface area (Å²) in [6.45, 7) is 0. The standard InChI is InChI=1S/C14H8Br2F4O/c15-13(17,18)9-5-1-3-7-11(9)21-12-8-4-2-6-10(12)14(16,19)20/h1-8H. The third kappa shape index (κ3) is 3.97. The van der Waals surface area contributed by atoms with Crippen molar-refractivity contribution in [3.8, 4) is 11.5 Å². The number of hydrogen-bond donors (Lipinski definition) is 0. The van der Waals surface area contributed by atoms with Gasteiger partial charge in [0.15, 0.2) is 0 Å². The molecule has 0 saturated carbocycles. The average molecular weight is 428 g/mol. The second-order valence-electron chi connectivity index (χ2n) is 4.09. The molecule has 0 N–H and O–H groups in total. The highest BCUT2D eigenvalue weighted by Crippen LogP contribution is 2.44. The Bertz CT molecular complexity index is 580. The zero-order valence-corrected chi connectivity index (χ0v) is 13.5. The van der Waals surface area contributed by atoms with Crippen molar-refractivity contribution in [3.05, 3.63) is 59.7 Å². The van der Waals surface area contributed by atoms with Gasteiger partial charge in [0.05, 0.1) is 11.1 Å². The molecule has 1 nitrogen and oxygen atoms in total. The lowest BCUT2D eigenvalue weighted by Gasteiger charge is -2.18. The highest BCUT2D eigenvalue weighted by molar-refractivity contribution is 9.09. The van der Waals surface area contributed by atoms with Gasteiger partial charge in [-0.3, -0.25) is 0 Å². The van der Waals surface area contributed by atoms with Crippen molar-refractivity contribution in [2.24, 2.45) is 0 Å². The molecule has 7 heteroatoms. The molecule has 0 spiro atoms. The van der Waals surface area contributed by atoms with Gasteiger partial charge in [-0.2, -0.15) is 17.6 Å². The van der Waals surface area contributed by atoms with Crippen LogP contribution < -0.4 is 4.74 Å². The van der Waals surface area contributed by atoms with Crippen LogP contribution in [-0.4, -0.2) is 0 Å². The average Bonchev–Trinajstić information content (AvgIpc) is 2.37. The first-order valence-corrected chi connectivity index (χ1v) is 7.28. The van der Waals surface area contributed by atoms with Crippen LogP contribution in [0.5, 0.6) is 11.5 Å². The number of hydrogen-bond acceptors (Lipinski definition) is 1.